The summed E-state index contributed by atoms with van der Waals surface area (Å²) in [5.74, 6) is 0.0538. The lowest BCUT2D eigenvalue weighted by Gasteiger charge is -2.09. The molecular weight excluding hydrogens is 236 g/mol. The summed E-state index contributed by atoms with van der Waals surface area (Å²) in [6.45, 7) is 7.72. The Morgan fingerprint density at radius 2 is 1.95 bits per heavy atom. The highest BCUT2D eigenvalue weighted by Gasteiger charge is 2.11. The van der Waals surface area contributed by atoms with Gasteiger partial charge in [0.25, 0.3) is 0 Å². The largest absolute Gasteiger partial charge is 0.358 e. The minimum absolute atomic E-state index is 0.0538. The molecule has 19 heavy (non-hydrogen) atoms. The fourth-order valence-corrected chi connectivity index (χ4v) is 2.48. The first-order valence-corrected chi connectivity index (χ1v) is 6.42. The second kappa shape index (κ2) is 4.92. The highest BCUT2D eigenvalue weighted by atomic mass is 16.1. The van der Waals surface area contributed by atoms with Crippen molar-refractivity contribution in [2.45, 2.75) is 27.7 Å². The fourth-order valence-electron chi connectivity index (χ4n) is 2.48. The number of rotatable bonds is 3. The number of nitrogens with zero attached hydrogens (tertiary/aromatic N) is 1. The van der Waals surface area contributed by atoms with E-state index < -0.39 is 0 Å². The van der Waals surface area contributed by atoms with E-state index in [1.54, 1.807) is 13.0 Å². The Labute approximate surface area is 113 Å². The molecule has 1 aromatic heterocycles. The number of ketones is 1. The van der Waals surface area contributed by atoms with E-state index in [0.717, 1.165) is 11.4 Å². The van der Waals surface area contributed by atoms with E-state index >= 15 is 0 Å². The second-order valence-corrected chi connectivity index (χ2v) is 5.03. The minimum Gasteiger partial charge on any atom is -0.358 e. The van der Waals surface area contributed by atoms with Crippen molar-refractivity contribution in [3.05, 3.63) is 41.2 Å². The third-order valence-electron chi connectivity index (χ3n) is 3.58. The van der Waals surface area contributed by atoms with Gasteiger partial charge in [0.1, 0.15) is 0 Å². The van der Waals surface area contributed by atoms with E-state index in [4.69, 9.17) is 0 Å². The van der Waals surface area contributed by atoms with E-state index in [-0.39, 0.29) is 5.78 Å². The molecule has 0 unspecified atom stereocenters. The van der Waals surface area contributed by atoms with Gasteiger partial charge in [-0.15, -0.1) is 0 Å². The first-order chi connectivity index (χ1) is 8.91. The van der Waals surface area contributed by atoms with Crippen LogP contribution in [0, 0.1) is 13.8 Å². The number of allylic oxidation sites excluding steroid dienone is 2. The van der Waals surface area contributed by atoms with Crippen LogP contribution in [-0.2, 0) is 11.8 Å². The number of aromatic nitrogens is 1. The molecule has 0 aliphatic heterocycles. The summed E-state index contributed by atoms with van der Waals surface area (Å²) in [6.07, 6.45) is 1.62. The zero-order valence-electron chi connectivity index (χ0n) is 12.2. The Bertz CT molecular complexity index is 678. The Morgan fingerprint density at radius 3 is 2.58 bits per heavy atom. The molecule has 2 rings (SSSR count). The van der Waals surface area contributed by atoms with E-state index in [9.17, 15) is 4.79 Å². The molecule has 1 heterocycles. The van der Waals surface area contributed by atoms with Crippen LogP contribution < -0.4 is 5.32 Å². The molecule has 0 aliphatic carbocycles. The summed E-state index contributed by atoms with van der Waals surface area (Å²) in [5.41, 5.74) is 5.65. The van der Waals surface area contributed by atoms with Crippen molar-refractivity contribution in [2.24, 2.45) is 7.05 Å². The highest BCUT2D eigenvalue weighted by Crippen LogP contribution is 2.31. The smallest absolute Gasteiger partial charge is 0.154 e. The van der Waals surface area contributed by atoms with Gasteiger partial charge in [-0.2, -0.15) is 0 Å². The lowest BCUT2D eigenvalue weighted by molar-refractivity contribution is -0.112. The third-order valence-corrected chi connectivity index (χ3v) is 3.58. The van der Waals surface area contributed by atoms with E-state index in [1.807, 2.05) is 19.1 Å². The second-order valence-electron chi connectivity index (χ2n) is 5.03. The third kappa shape index (κ3) is 2.41. The first kappa shape index (κ1) is 13.4. The molecule has 0 atom stereocenters. The van der Waals surface area contributed by atoms with Crippen LogP contribution in [0.25, 0.3) is 10.9 Å². The first-order valence-electron chi connectivity index (χ1n) is 6.42. The van der Waals surface area contributed by atoms with Crippen LogP contribution in [-0.4, -0.2) is 10.4 Å². The topological polar surface area (TPSA) is 34.0 Å². The van der Waals surface area contributed by atoms with Crippen LogP contribution in [0.4, 0.5) is 5.69 Å². The van der Waals surface area contributed by atoms with Crippen molar-refractivity contribution in [3.8, 4) is 0 Å². The molecule has 0 fully saturated rings. The van der Waals surface area contributed by atoms with Crippen molar-refractivity contribution in [1.82, 2.24) is 4.57 Å². The predicted molar refractivity (Wildman–Crippen MR) is 80.5 cm³/mol. The average molecular weight is 256 g/mol. The molecule has 1 N–H and O–H groups in total. The van der Waals surface area contributed by atoms with Gasteiger partial charge < -0.3 is 9.88 Å². The molecule has 2 aromatic rings. The van der Waals surface area contributed by atoms with Gasteiger partial charge in [0.2, 0.25) is 0 Å². The Balaban J connectivity index is 2.56. The summed E-state index contributed by atoms with van der Waals surface area (Å²) in [7, 11) is 2.08. The number of anilines is 1. The molecule has 3 nitrogen and oxygen atoms in total. The average Bonchev–Trinajstić information content (AvgIpc) is 2.54. The zero-order chi connectivity index (χ0) is 14.2. The Morgan fingerprint density at radius 1 is 1.26 bits per heavy atom. The number of fused-ring (bicyclic) bond motifs is 1. The van der Waals surface area contributed by atoms with E-state index in [1.165, 1.54) is 22.2 Å². The van der Waals surface area contributed by atoms with Crippen LogP contribution in [0.15, 0.2) is 30.0 Å². The van der Waals surface area contributed by atoms with Gasteiger partial charge in [0.15, 0.2) is 5.78 Å². The zero-order valence-corrected chi connectivity index (χ0v) is 12.2. The molecule has 0 spiro atoms. The number of hydrogen-bond acceptors (Lipinski definition) is 2. The summed E-state index contributed by atoms with van der Waals surface area (Å²) >= 11 is 0. The molecular formula is C16H20N2O. The maximum atomic E-state index is 11.1. The lowest BCUT2D eigenvalue weighted by Crippen LogP contribution is -1.99. The van der Waals surface area contributed by atoms with Crippen molar-refractivity contribution in [1.29, 1.82) is 0 Å². The van der Waals surface area contributed by atoms with Gasteiger partial charge in [-0.3, -0.25) is 4.79 Å². The van der Waals surface area contributed by atoms with Gasteiger partial charge in [-0.05, 0) is 51.5 Å². The van der Waals surface area contributed by atoms with Crippen molar-refractivity contribution in [3.63, 3.8) is 0 Å². The van der Waals surface area contributed by atoms with Gasteiger partial charge in [0, 0.05) is 29.5 Å². The number of carbonyl (C=O) groups is 1. The molecule has 0 radical (unpaired) electrons. The number of hydrogen-bond donors (Lipinski definition) is 1. The Hall–Kier alpha value is -2.03. The molecule has 100 valence electrons. The van der Waals surface area contributed by atoms with Crippen molar-refractivity contribution >= 4 is 22.4 Å². The van der Waals surface area contributed by atoms with Crippen LogP contribution in [0.2, 0.25) is 0 Å². The molecule has 1 aromatic carbocycles. The highest BCUT2D eigenvalue weighted by molar-refractivity contribution is 5.97. The van der Waals surface area contributed by atoms with Crippen molar-refractivity contribution < 1.29 is 4.79 Å². The maximum absolute atomic E-state index is 11.1. The van der Waals surface area contributed by atoms with E-state index in [2.05, 4.69) is 36.8 Å². The van der Waals surface area contributed by atoms with Crippen molar-refractivity contribution in [2.75, 3.05) is 5.32 Å². The number of aryl methyl sites for hydroxylation is 2. The summed E-state index contributed by atoms with van der Waals surface area (Å²) in [5, 5.41) is 4.55. The van der Waals surface area contributed by atoms with Crippen LogP contribution in [0.5, 0.6) is 0 Å². The van der Waals surface area contributed by atoms with Crippen LogP contribution in [0.1, 0.15) is 25.1 Å². The quantitative estimate of drug-likeness (QED) is 0.850. The van der Waals surface area contributed by atoms with Gasteiger partial charge in [-0.25, -0.2) is 0 Å². The number of benzene rings is 1. The molecule has 3 heteroatoms. The molecule has 0 amide bonds. The van der Waals surface area contributed by atoms with Gasteiger partial charge >= 0.3 is 0 Å². The summed E-state index contributed by atoms with van der Waals surface area (Å²) in [4.78, 5) is 11.1. The van der Waals surface area contributed by atoms with Crippen LogP contribution >= 0.6 is 0 Å². The van der Waals surface area contributed by atoms with E-state index in [0.29, 0.717) is 0 Å². The minimum atomic E-state index is 0.0538. The number of carbonyl (C=O) groups excluding carboxylic acids is 1. The molecule has 0 aliphatic rings. The fraction of sp³-hybridized carbons (Fsp3) is 0.312. The maximum Gasteiger partial charge on any atom is 0.154 e. The molecule has 0 bridgehead atoms. The standard InChI is InChI=1S/C16H20N2O/c1-10(9-11(2)19)17-14-7-6-8-15-16(14)12(3)13(4)18(15)5/h6-9,17H,1-5H3/b10-9+. The SMILES string of the molecule is CC(=O)/C=C(\C)Nc1cccc2c1c(C)c(C)n2C. The molecule has 0 saturated heterocycles. The van der Waals surface area contributed by atoms with Gasteiger partial charge in [-0.1, -0.05) is 6.07 Å². The molecule has 0 saturated carbocycles. The van der Waals surface area contributed by atoms with Crippen LogP contribution in [0.3, 0.4) is 0 Å². The summed E-state index contributed by atoms with van der Waals surface area (Å²) in [6, 6.07) is 6.20. The summed E-state index contributed by atoms with van der Waals surface area (Å²) < 4.78 is 2.19. The predicted octanol–water partition coefficient (Wildman–Crippen LogP) is 3.70. The normalized spacial score (nSPS) is 11.9. The van der Waals surface area contributed by atoms with Gasteiger partial charge in [0.05, 0.1) is 5.52 Å². The monoisotopic (exact) mass is 256 g/mol. The number of nitrogens with one attached hydrogen (secondary N) is 1. The Kier molecular flexibility index (Phi) is 3.47. The lowest BCUT2D eigenvalue weighted by atomic mass is 10.1.